The molecule has 0 aliphatic heterocycles. The van der Waals surface area contributed by atoms with Crippen LogP contribution in [0.4, 0.5) is 8.78 Å². The summed E-state index contributed by atoms with van der Waals surface area (Å²) in [5.41, 5.74) is -0.298. The molecule has 1 amide bonds. The highest BCUT2D eigenvalue weighted by Gasteiger charge is 2.40. The van der Waals surface area contributed by atoms with Crippen molar-refractivity contribution >= 4 is 21.8 Å². The van der Waals surface area contributed by atoms with Crippen LogP contribution in [0, 0.1) is 5.92 Å². The maximum Gasteiger partial charge on any atom is 0.248 e. The van der Waals surface area contributed by atoms with Crippen molar-refractivity contribution in [1.82, 2.24) is 5.32 Å². The van der Waals surface area contributed by atoms with Crippen LogP contribution in [-0.4, -0.2) is 22.7 Å². The number of hydrogen-bond acceptors (Lipinski definition) is 1. The first-order valence-corrected chi connectivity index (χ1v) is 7.70. The lowest BCUT2D eigenvalue weighted by molar-refractivity contribution is -0.134. The SMILES string of the molecule is CCC(C)(CCBr)NC(=O)C1CCCC(F)(F)C1. The molecule has 0 radical (unpaired) electrons. The quantitative estimate of drug-likeness (QED) is 0.763. The summed E-state index contributed by atoms with van der Waals surface area (Å²) >= 11 is 3.36. The third-order valence-electron chi connectivity index (χ3n) is 3.86. The number of alkyl halides is 3. The third-order valence-corrected chi connectivity index (χ3v) is 4.26. The third kappa shape index (κ3) is 4.48. The second kappa shape index (κ2) is 6.31. The first kappa shape index (κ1) is 15.9. The van der Waals surface area contributed by atoms with Gasteiger partial charge < -0.3 is 5.32 Å². The van der Waals surface area contributed by atoms with Gasteiger partial charge in [0.1, 0.15) is 0 Å². The van der Waals surface area contributed by atoms with Gasteiger partial charge in [-0.25, -0.2) is 8.78 Å². The molecule has 18 heavy (non-hydrogen) atoms. The maximum atomic E-state index is 13.3. The van der Waals surface area contributed by atoms with Crippen molar-refractivity contribution in [3.05, 3.63) is 0 Å². The van der Waals surface area contributed by atoms with Gasteiger partial charge in [-0.05, 0) is 32.6 Å². The summed E-state index contributed by atoms with van der Waals surface area (Å²) in [6.07, 6.45) is 2.24. The molecule has 0 aromatic carbocycles. The zero-order chi connectivity index (χ0) is 13.8. The lowest BCUT2D eigenvalue weighted by atomic mass is 9.84. The molecule has 1 N–H and O–H groups in total. The molecular formula is C13H22BrF2NO. The monoisotopic (exact) mass is 325 g/mol. The first-order chi connectivity index (χ1) is 8.32. The molecular weight excluding hydrogens is 304 g/mol. The Morgan fingerprint density at radius 3 is 2.72 bits per heavy atom. The van der Waals surface area contributed by atoms with Gasteiger partial charge in [0.2, 0.25) is 11.8 Å². The van der Waals surface area contributed by atoms with Crippen molar-refractivity contribution in [2.45, 2.75) is 63.8 Å². The Morgan fingerprint density at radius 2 is 2.22 bits per heavy atom. The van der Waals surface area contributed by atoms with Crippen LogP contribution in [0.15, 0.2) is 0 Å². The second-order valence-electron chi connectivity index (χ2n) is 5.49. The highest BCUT2D eigenvalue weighted by atomic mass is 79.9. The number of carbonyl (C=O) groups is 1. The van der Waals surface area contributed by atoms with Crippen LogP contribution in [0.3, 0.4) is 0 Å². The van der Waals surface area contributed by atoms with E-state index in [1.54, 1.807) is 0 Å². The van der Waals surface area contributed by atoms with Gasteiger partial charge in [0.05, 0.1) is 0 Å². The average molecular weight is 326 g/mol. The highest BCUT2D eigenvalue weighted by molar-refractivity contribution is 9.09. The van der Waals surface area contributed by atoms with Gasteiger partial charge in [-0.1, -0.05) is 22.9 Å². The molecule has 2 nitrogen and oxygen atoms in total. The predicted molar refractivity (Wildman–Crippen MR) is 72.2 cm³/mol. The first-order valence-electron chi connectivity index (χ1n) is 6.58. The molecule has 2 unspecified atom stereocenters. The molecule has 1 aliphatic carbocycles. The predicted octanol–water partition coefficient (Wildman–Crippen LogP) is 3.88. The van der Waals surface area contributed by atoms with E-state index in [0.717, 1.165) is 18.2 Å². The van der Waals surface area contributed by atoms with E-state index < -0.39 is 11.8 Å². The van der Waals surface area contributed by atoms with E-state index in [2.05, 4.69) is 21.2 Å². The minimum atomic E-state index is -2.67. The minimum absolute atomic E-state index is 0.0801. The van der Waals surface area contributed by atoms with Crippen LogP contribution in [-0.2, 0) is 4.79 Å². The number of hydrogen-bond donors (Lipinski definition) is 1. The molecule has 106 valence electrons. The lowest BCUT2D eigenvalue weighted by Gasteiger charge is -2.34. The summed E-state index contributed by atoms with van der Waals surface area (Å²) in [6, 6.07) is 0. The molecule has 0 bridgehead atoms. The number of rotatable bonds is 5. The largest absolute Gasteiger partial charge is 0.351 e. The molecule has 5 heteroatoms. The Morgan fingerprint density at radius 1 is 1.56 bits per heavy atom. The van der Waals surface area contributed by atoms with Crippen molar-refractivity contribution < 1.29 is 13.6 Å². The normalized spacial score (nSPS) is 26.4. The van der Waals surface area contributed by atoms with E-state index in [-0.39, 0.29) is 24.3 Å². The van der Waals surface area contributed by atoms with Crippen LogP contribution >= 0.6 is 15.9 Å². The molecule has 2 atom stereocenters. The number of halogens is 3. The lowest BCUT2D eigenvalue weighted by Crippen LogP contribution is -2.49. The fourth-order valence-corrected chi connectivity index (χ4v) is 3.21. The fourth-order valence-electron chi connectivity index (χ4n) is 2.33. The van der Waals surface area contributed by atoms with Crippen LogP contribution in [0.2, 0.25) is 0 Å². The molecule has 1 rings (SSSR count). The van der Waals surface area contributed by atoms with E-state index in [1.165, 1.54) is 0 Å². The molecule has 0 heterocycles. The molecule has 0 aromatic heterocycles. The average Bonchev–Trinajstić information content (AvgIpc) is 2.28. The van der Waals surface area contributed by atoms with Crippen LogP contribution in [0.25, 0.3) is 0 Å². The van der Waals surface area contributed by atoms with Crippen molar-refractivity contribution in [3.63, 3.8) is 0 Å². The molecule has 1 aliphatic rings. The molecule has 1 saturated carbocycles. The molecule has 1 fully saturated rings. The zero-order valence-electron chi connectivity index (χ0n) is 11.1. The van der Waals surface area contributed by atoms with Crippen molar-refractivity contribution in [1.29, 1.82) is 0 Å². The van der Waals surface area contributed by atoms with Crippen molar-refractivity contribution in [2.75, 3.05) is 5.33 Å². The van der Waals surface area contributed by atoms with Gasteiger partial charge >= 0.3 is 0 Å². The fraction of sp³-hybridized carbons (Fsp3) is 0.923. The number of amides is 1. The number of nitrogens with one attached hydrogen (secondary N) is 1. The van der Waals surface area contributed by atoms with E-state index in [1.807, 2.05) is 13.8 Å². The van der Waals surface area contributed by atoms with Crippen LogP contribution in [0.1, 0.15) is 52.4 Å². The summed E-state index contributed by atoms with van der Waals surface area (Å²) in [5.74, 6) is -3.41. The van der Waals surface area contributed by atoms with Gasteiger partial charge in [0.25, 0.3) is 0 Å². The van der Waals surface area contributed by atoms with E-state index in [4.69, 9.17) is 0 Å². The highest BCUT2D eigenvalue weighted by Crippen LogP contribution is 2.37. The van der Waals surface area contributed by atoms with Crippen LogP contribution in [0.5, 0.6) is 0 Å². The van der Waals surface area contributed by atoms with Crippen LogP contribution < -0.4 is 5.32 Å². The Bertz CT molecular complexity index is 299. The molecule has 0 spiro atoms. The molecule has 0 aromatic rings. The van der Waals surface area contributed by atoms with Gasteiger partial charge in [0, 0.05) is 29.6 Å². The smallest absolute Gasteiger partial charge is 0.248 e. The summed E-state index contributed by atoms with van der Waals surface area (Å²) in [4.78, 5) is 12.1. The Balaban J connectivity index is 2.59. The zero-order valence-corrected chi connectivity index (χ0v) is 12.7. The Kier molecular flexibility index (Phi) is 5.56. The van der Waals surface area contributed by atoms with E-state index >= 15 is 0 Å². The van der Waals surface area contributed by atoms with Gasteiger partial charge in [-0.3, -0.25) is 4.79 Å². The topological polar surface area (TPSA) is 29.1 Å². The van der Waals surface area contributed by atoms with E-state index in [9.17, 15) is 13.6 Å². The summed E-state index contributed by atoms with van der Waals surface area (Å²) < 4.78 is 26.6. The number of carbonyl (C=O) groups excluding carboxylic acids is 1. The summed E-state index contributed by atoms with van der Waals surface area (Å²) in [6.45, 7) is 3.96. The van der Waals surface area contributed by atoms with Gasteiger partial charge in [-0.2, -0.15) is 0 Å². The Labute approximate surface area is 116 Å². The van der Waals surface area contributed by atoms with Gasteiger partial charge in [0.15, 0.2) is 0 Å². The minimum Gasteiger partial charge on any atom is -0.351 e. The Hall–Kier alpha value is -0.190. The summed E-state index contributed by atoms with van der Waals surface area (Å²) in [7, 11) is 0. The second-order valence-corrected chi connectivity index (χ2v) is 6.28. The standard InChI is InChI=1S/C13H22BrF2NO/c1-3-12(2,7-8-14)17-11(18)10-5-4-6-13(15,16)9-10/h10H,3-9H2,1-2H3,(H,17,18). The maximum absolute atomic E-state index is 13.3. The summed E-state index contributed by atoms with van der Waals surface area (Å²) in [5, 5.41) is 3.74. The van der Waals surface area contributed by atoms with Crippen molar-refractivity contribution in [2.24, 2.45) is 5.92 Å². The molecule has 0 saturated heterocycles. The van der Waals surface area contributed by atoms with E-state index in [0.29, 0.717) is 12.8 Å². The van der Waals surface area contributed by atoms with Crippen molar-refractivity contribution in [3.8, 4) is 0 Å². The van der Waals surface area contributed by atoms with Gasteiger partial charge in [-0.15, -0.1) is 0 Å².